The molecule has 0 aromatic heterocycles. The second-order valence-corrected chi connectivity index (χ2v) is 4.05. The zero-order valence-corrected chi connectivity index (χ0v) is 12.6. The normalized spacial score (nSPS) is 9.29. The molecule has 0 aliphatic rings. The number of nitrogens with two attached hydrogens (primary N) is 1. The van der Waals surface area contributed by atoms with E-state index in [0.29, 0.717) is 11.3 Å². The van der Waals surface area contributed by atoms with Crippen molar-refractivity contribution in [2.75, 3.05) is 25.5 Å². The topological polar surface area (TPSA) is 111 Å². The predicted molar refractivity (Wildman–Crippen MR) is 80.5 cm³/mol. The van der Waals surface area contributed by atoms with Crippen LogP contribution in [-0.4, -0.2) is 38.0 Å². The molecule has 0 radical (unpaired) electrons. The molecule has 0 aliphatic carbocycles. The van der Waals surface area contributed by atoms with Gasteiger partial charge in [-0.3, -0.25) is 9.59 Å². The third-order valence-electron chi connectivity index (χ3n) is 2.56. The minimum Gasteiger partial charge on any atom is -0.465 e. The number of methoxy groups -OCH3 is 1. The summed E-state index contributed by atoms with van der Waals surface area (Å²) in [5.41, 5.74) is 6.66. The first-order chi connectivity index (χ1) is 9.47. The molecular weight excluding hydrogens is 298 g/mol. The highest BCUT2D eigenvalue weighted by Crippen LogP contribution is 2.16. The zero-order valence-electron chi connectivity index (χ0n) is 11.8. The first-order valence-corrected chi connectivity index (χ1v) is 5.93. The van der Waals surface area contributed by atoms with Gasteiger partial charge >= 0.3 is 5.97 Å². The molecule has 0 bridgehead atoms. The first kappa shape index (κ1) is 18.9. The highest BCUT2D eigenvalue weighted by atomic mass is 35.5. The summed E-state index contributed by atoms with van der Waals surface area (Å²) in [5.74, 6) is -1.30. The van der Waals surface area contributed by atoms with E-state index < -0.39 is 17.8 Å². The fraction of sp³-hybridized carbons (Fsp3) is 0.308. The number of benzene rings is 1. The average molecular weight is 316 g/mol. The Kier molecular flexibility index (Phi) is 8.03. The highest BCUT2D eigenvalue weighted by Gasteiger charge is 2.11. The fourth-order valence-corrected chi connectivity index (χ4v) is 1.49. The zero-order chi connectivity index (χ0) is 15.1. The number of ether oxygens (including phenoxy) is 1. The van der Waals surface area contributed by atoms with E-state index in [0.717, 1.165) is 5.56 Å². The molecule has 1 rings (SSSR count). The summed E-state index contributed by atoms with van der Waals surface area (Å²) in [7, 11) is 1.29. The summed E-state index contributed by atoms with van der Waals surface area (Å²) in [6, 6.07) is 4.87. The second-order valence-electron chi connectivity index (χ2n) is 4.05. The van der Waals surface area contributed by atoms with Crippen molar-refractivity contribution in [2.24, 2.45) is 5.73 Å². The maximum absolute atomic E-state index is 11.6. The molecule has 0 spiro atoms. The number of anilines is 1. The van der Waals surface area contributed by atoms with Crippen LogP contribution >= 0.6 is 12.4 Å². The van der Waals surface area contributed by atoms with E-state index in [4.69, 9.17) is 5.73 Å². The Labute approximate surface area is 128 Å². The van der Waals surface area contributed by atoms with E-state index in [2.05, 4.69) is 15.4 Å². The van der Waals surface area contributed by atoms with Gasteiger partial charge < -0.3 is 21.1 Å². The summed E-state index contributed by atoms with van der Waals surface area (Å²) < 4.78 is 4.65. The van der Waals surface area contributed by atoms with Crippen molar-refractivity contribution in [1.82, 2.24) is 5.32 Å². The van der Waals surface area contributed by atoms with Crippen molar-refractivity contribution < 1.29 is 19.1 Å². The minimum absolute atomic E-state index is 0. The standard InChI is InChI=1S/C13H17N3O4.ClH/c1-8-3-4-9(5-10(8)13(19)20-2)16-12(18)7-15-11(17)6-14;/h3-5H,6-7,14H2,1-2H3,(H,15,17)(H,16,18);1H. The minimum atomic E-state index is -0.477. The summed E-state index contributed by atoms with van der Waals surface area (Å²) in [6.45, 7) is 1.40. The van der Waals surface area contributed by atoms with Gasteiger partial charge in [-0.25, -0.2) is 4.79 Å². The van der Waals surface area contributed by atoms with Crippen molar-refractivity contribution in [3.63, 3.8) is 0 Å². The van der Waals surface area contributed by atoms with Crippen LogP contribution < -0.4 is 16.4 Å². The maximum Gasteiger partial charge on any atom is 0.338 e. The molecule has 0 aliphatic heterocycles. The Morgan fingerprint density at radius 3 is 2.48 bits per heavy atom. The Balaban J connectivity index is 0.00000400. The number of nitrogens with one attached hydrogen (secondary N) is 2. The number of carbonyl (C=O) groups excluding carboxylic acids is 3. The Morgan fingerprint density at radius 1 is 1.24 bits per heavy atom. The third-order valence-corrected chi connectivity index (χ3v) is 2.56. The molecule has 0 fully saturated rings. The van der Waals surface area contributed by atoms with E-state index in [1.807, 2.05) is 0 Å². The molecule has 8 heteroatoms. The van der Waals surface area contributed by atoms with E-state index in [1.54, 1.807) is 19.1 Å². The second kappa shape index (κ2) is 8.93. The number of amides is 2. The van der Waals surface area contributed by atoms with E-state index >= 15 is 0 Å². The highest BCUT2D eigenvalue weighted by molar-refractivity contribution is 5.97. The van der Waals surface area contributed by atoms with Gasteiger partial charge in [0.05, 0.1) is 25.8 Å². The van der Waals surface area contributed by atoms with Gasteiger partial charge in [-0.2, -0.15) is 0 Å². The van der Waals surface area contributed by atoms with Crippen LogP contribution in [0.4, 0.5) is 5.69 Å². The molecule has 1 aromatic carbocycles. The summed E-state index contributed by atoms with van der Waals surface area (Å²) >= 11 is 0. The smallest absolute Gasteiger partial charge is 0.338 e. The molecule has 7 nitrogen and oxygen atoms in total. The number of aryl methyl sites for hydroxylation is 1. The van der Waals surface area contributed by atoms with Crippen LogP contribution in [-0.2, 0) is 14.3 Å². The van der Waals surface area contributed by atoms with Gasteiger partial charge in [-0.15, -0.1) is 12.4 Å². The van der Waals surface area contributed by atoms with E-state index in [-0.39, 0.29) is 25.5 Å². The molecular formula is C13H18ClN3O4. The molecule has 2 amide bonds. The predicted octanol–water partition coefficient (Wildman–Crippen LogP) is 0.217. The van der Waals surface area contributed by atoms with Crippen molar-refractivity contribution in [3.8, 4) is 0 Å². The molecule has 0 saturated carbocycles. The molecule has 1 aromatic rings. The lowest BCUT2D eigenvalue weighted by Gasteiger charge is -2.09. The Morgan fingerprint density at radius 2 is 1.90 bits per heavy atom. The van der Waals surface area contributed by atoms with Crippen molar-refractivity contribution in [1.29, 1.82) is 0 Å². The lowest BCUT2D eigenvalue weighted by atomic mass is 10.1. The summed E-state index contributed by atoms with van der Waals surface area (Å²) in [6.07, 6.45) is 0. The molecule has 0 saturated heterocycles. The van der Waals surface area contributed by atoms with Crippen LogP contribution in [0.2, 0.25) is 0 Å². The van der Waals surface area contributed by atoms with Crippen LogP contribution in [0.3, 0.4) is 0 Å². The monoisotopic (exact) mass is 315 g/mol. The van der Waals surface area contributed by atoms with Gasteiger partial charge in [0.15, 0.2) is 0 Å². The lowest BCUT2D eigenvalue weighted by molar-refractivity contribution is -0.123. The van der Waals surface area contributed by atoms with Crippen molar-refractivity contribution in [3.05, 3.63) is 29.3 Å². The van der Waals surface area contributed by atoms with Crippen LogP contribution in [0.5, 0.6) is 0 Å². The van der Waals surface area contributed by atoms with Gasteiger partial charge in [0.25, 0.3) is 0 Å². The molecule has 0 unspecified atom stereocenters. The van der Waals surface area contributed by atoms with Crippen LogP contribution in [0.25, 0.3) is 0 Å². The number of rotatable bonds is 5. The number of carbonyl (C=O) groups is 3. The van der Waals surface area contributed by atoms with Crippen molar-refractivity contribution in [2.45, 2.75) is 6.92 Å². The van der Waals surface area contributed by atoms with Gasteiger partial charge in [-0.05, 0) is 24.6 Å². The van der Waals surface area contributed by atoms with Gasteiger partial charge in [0.2, 0.25) is 11.8 Å². The van der Waals surface area contributed by atoms with Gasteiger partial charge in [0, 0.05) is 5.69 Å². The SMILES string of the molecule is COC(=O)c1cc(NC(=O)CNC(=O)CN)ccc1C.Cl. The van der Waals surface area contributed by atoms with Crippen LogP contribution in [0.15, 0.2) is 18.2 Å². The van der Waals surface area contributed by atoms with E-state index in [9.17, 15) is 14.4 Å². The number of halogens is 1. The molecule has 4 N–H and O–H groups in total. The number of esters is 1. The molecule has 0 atom stereocenters. The molecule has 0 heterocycles. The maximum atomic E-state index is 11.6. The van der Waals surface area contributed by atoms with E-state index in [1.165, 1.54) is 13.2 Å². The fourth-order valence-electron chi connectivity index (χ4n) is 1.49. The van der Waals surface area contributed by atoms with Crippen LogP contribution in [0.1, 0.15) is 15.9 Å². The van der Waals surface area contributed by atoms with Crippen LogP contribution in [0, 0.1) is 6.92 Å². The quantitative estimate of drug-likeness (QED) is 0.673. The summed E-state index contributed by atoms with van der Waals surface area (Å²) in [4.78, 5) is 34.0. The first-order valence-electron chi connectivity index (χ1n) is 5.93. The molecule has 116 valence electrons. The number of hydrogen-bond donors (Lipinski definition) is 3. The van der Waals surface area contributed by atoms with Crippen molar-refractivity contribution >= 4 is 35.9 Å². The Bertz CT molecular complexity index is 534. The summed E-state index contributed by atoms with van der Waals surface area (Å²) in [5, 5.41) is 4.91. The Hall–Kier alpha value is -2.12. The average Bonchev–Trinajstić information content (AvgIpc) is 2.45. The molecule has 21 heavy (non-hydrogen) atoms. The van der Waals surface area contributed by atoms with Gasteiger partial charge in [0.1, 0.15) is 0 Å². The largest absolute Gasteiger partial charge is 0.465 e. The third kappa shape index (κ3) is 5.80. The number of hydrogen-bond acceptors (Lipinski definition) is 5. The lowest BCUT2D eigenvalue weighted by Crippen LogP contribution is -2.36. The van der Waals surface area contributed by atoms with Gasteiger partial charge in [-0.1, -0.05) is 6.07 Å².